The molecule has 1 saturated heterocycles. The number of hydrogen-bond acceptors (Lipinski definition) is 4. The van der Waals surface area contributed by atoms with Crippen LogP contribution < -0.4 is 5.32 Å². The average Bonchev–Trinajstić information content (AvgIpc) is 3.33. The second-order valence-electron chi connectivity index (χ2n) is 5.66. The van der Waals surface area contributed by atoms with E-state index in [1.165, 1.54) is 18.4 Å². The first-order valence-electron chi connectivity index (χ1n) is 7.40. The Balaban J connectivity index is 1.41. The van der Waals surface area contributed by atoms with Crippen LogP contribution in [0.4, 0.5) is 0 Å². The Labute approximate surface area is 120 Å². The molecule has 0 aromatic heterocycles. The molecule has 1 aromatic rings. The van der Waals surface area contributed by atoms with Crippen molar-refractivity contribution in [3.05, 3.63) is 35.4 Å². The first-order valence-corrected chi connectivity index (χ1v) is 7.40. The minimum Gasteiger partial charge on any atom is -0.374 e. The third-order valence-corrected chi connectivity index (χ3v) is 4.02. The molecule has 1 saturated carbocycles. The van der Waals surface area contributed by atoms with Crippen LogP contribution in [0.1, 0.15) is 24.0 Å². The molecule has 1 atom stereocenters. The summed E-state index contributed by atoms with van der Waals surface area (Å²) in [5, 5.41) is 12.2. The zero-order chi connectivity index (χ0) is 13.8. The summed E-state index contributed by atoms with van der Waals surface area (Å²) >= 11 is 0. The number of morpholine rings is 1. The molecule has 1 heterocycles. The average molecular weight is 271 g/mol. The van der Waals surface area contributed by atoms with Crippen molar-refractivity contribution >= 4 is 0 Å². The lowest BCUT2D eigenvalue weighted by atomic mass is 10.1. The number of nitrogens with zero attached hydrogens (tertiary/aromatic N) is 2. The van der Waals surface area contributed by atoms with Gasteiger partial charge in [-0.05, 0) is 30.5 Å². The SMILES string of the molecule is N#Cc1ccc(CNC[C@@H]2CN(C3CC3)CCO2)cc1. The second kappa shape index (κ2) is 6.36. The highest BCUT2D eigenvalue weighted by molar-refractivity contribution is 5.31. The Morgan fingerprint density at radius 1 is 1.30 bits per heavy atom. The van der Waals surface area contributed by atoms with E-state index in [2.05, 4.69) is 16.3 Å². The minimum absolute atomic E-state index is 0.308. The van der Waals surface area contributed by atoms with E-state index < -0.39 is 0 Å². The zero-order valence-electron chi connectivity index (χ0n) is 11.7. The van der Waals surface area contributed by atoms with Crippen LogP contribution in [0, 0.1) is 11.3 Å². The maximum atomic E-state index is 8.76. The molecular weight excluding hydrogens is 250 g/mol. The van der Waals surface area contributed by atoms with E-state index in [9.17, 15) is 0 Å². The van der Waals surface area contributed by atoms with Crippen LogP contribution in [0.25, 0.3) is 0 Å². The number of nitriles is 1. The molecule has 0 bridgehead atoms. The number of hydrogen-bond donors (Lipinski definition) is 1. The molecule has 0 unspecified atom stereocenters. The van der Waals surface area contributed by atoms with Crippen molar-refractivity contribution < 1.29 is 4.74 Å². The maximum absolute atomic E-state index is 8.76. The molecule has 1 aromatic carbocycles. The molecule has 1 aliphatic heterocycles. The summed E-state index contributed by atoms with van der Waals surface area (Å²) in [6.07, 6.45) is 3.04. The second-order valence-corrected chi connectivity index (χ2v) is 5.66. The van der Waals surface area contributed by atoms with E-state index in [1.54, 1.807) is 0 Å². The van der Waals surface area contributed by atoms with Gasteiger partial charge in [-0.1, -0.05) is 12.1 Å². The van der Waals surface area contributed by atoms with E-state index in [1.807, 2.05) is 24.3 Å². The van der Waals surface area contributed by atoms with Gasteiger partial charge in [0.05, 0.1) is 24.3 Å². The Bertz CT molecular complexity index is 475. The molecule has 4 nitrogen and oxygen atoms in total. The summed E-state index contributed by atoms with van der Waals surface area (Å²) < 4.78 is 5.81. The van der Waals surface area contributed by atoms with Gasteiger partial charge in [0.25, 0.3) is 0 Å². The smallest absolute Gasteiger partial charge is 0.0991 e. The van der Waals surface area contributed by atoms with Gasteiger partial charge in [0.1, 0.15) is 0 Å². The van der Waals surface area contributed by atoms with Gasteiger partial charge in [-0.3, -0.25) is 4.90 Å². The molecule has 20 heavy (non-hydrogen) atoms. The number of ether oxygens (including phenoxy) is 1. The molecule has 106 valence electrons. The van der Waals surface area contributed by atoms with Crippen LogP contribution in [-0.2, 0) is 11.3 Å². The van der Waals surface area contributed by atoms with Crippen molar-refractivity contribution in [2.45, 2.75) is 31.5 Å². The molecule has 0 amide bonds. The van der Waals surface area contributed by atoms with Gasteiger partial charge in [0.2, 0.25) is 0 Å². The topological polar surface area (TPSA) is 48.3 Å². The summed E-state index contributed by atoms with van der Waals surface area (Å²) in [6.45, 7) is 4.74. The monoisotopic (exact) mass is 271 g/mol. The summed E-state index contributed by atoms with van der Waals surface area (Å²) in [6, 6.07) is 10.7. The summed E-state index contributed by atoms with van der Waals surface area (Å²) in [5.74, 6) is 0. The van der Waals surface area contributed by atoms with Crippen LogP contribution in [-0.4, -0.2) is 43.3 Å². The first-order chi connectivity index (χ1) is 9.85. The van der Waals surface area contributed by atoms with Crippen molar-refractivity contribution in [2.24, 2.45) is 0 Å². The highest BCUT2D eigenvalue weighted by Crippen LogP contribution is 2.28. The lowest BCUT2D eigenvalue weighted by Crippen LogP contribution is -2.47. The van der Waals surface area contributed by atoms with E-state index in [4.69, 9.17) is 10.00 Å². The Hall–Kier alpha value is -1.41. The highest BCUT2D eigenvalue weighted by Gasteiger charge is 2.32. The molecule has 0 radical (unpaired) electrons. The summed E-state index contributed by atoms with van der Waals surface area (Å²) in [5.41, 5.74) is 1.92. The van der Waals surface area contributed by atoms with Gasteiger partial charge in [-0.2, -0.15) is 5.26 Å². The van der Waals surface area contributed by atoms with Crippen molar-refractivity contribution in [2.75, 3.05) is 26.2 Å². The molecule has 2 fully saturated rings. The first kappa shape index (κ1) is 13.6. The lowest BCUT2D eigenvalue weighted by molar-refractivity contribution is -0.0301. The van der Waals surface area contributed by atoms with Gasteiger partial charge in [0, 0.05) is 32.2 Å². The van der Waals surface area contributed by atoms with E-state index >= 15 is 0 Å². The van der Waals surface area contributed by atoms with Crippen molar-refractivity contribution in [3.8, 4) is 6.07 Å². The van der Waals surface area contributed by atoms with E-state index in [0.29, 0.717) is 11.7 Å². The Morgan fingerprint density at radius 3 is 2.80 bits per heavy atom. The predicted molar refractivity (Wildman–Crippen MR) is 77.2 cm³/mol. The molecule has 2 aliphatic rings. The molecule has 3 rings (SSSR count). The van der Waals surface area contributed by atoms with E-state index in [0.717, 1.165) is 38.8 Å². The van der Waals surface area contributed by atoms with Crippen LogP contribution in [0.15, 0.2) is 24.3 Å². The fraction of sp³-hybridized carbons (Fsp3) is 0.562. The van der Waals surface area contributed by atoms with Crippen LogP contribution in [0.5, 0.6) is 0 Å². The third kappa shape index (κ3) is 3.57. The van der Waals surface area contributed by atoms with Gasteiger partial charge in [-0.25, -0.2) is 0 Å². The predicted octanol–water partition coefficient (Wildman–Crippen LogP) is 1.51. The lowest BCUT2D eigenvalue weighted by Gasteiger charge is -2.33. The molecular formula is C16H21N3O. The summed E-state index contributed by atoms with van der Waals surface area (Å²) in [7, 11) is 0. The van der Waals surface area contributed by atoms with Crippen molar-refractivity contribution in [3.63, 3.8) is 0 Å². The minimum atomic E-state index is 0.308. The fourth-order valence-corrected chi connectivity index (χ4v) is 2.71. The van der Waals surface area contributed by atoms with Crippen molar-refractivity contribution in [1.29, 1.82) is 5.26 Å². The number of rotatable bonds is 5. The number of nitrogens with one attached hydrogen (secondary N) is 1. The zero-order valence-corrected chi connectivity index (χ0v) is 11.7. The molecule has 1 aliphatic carbocycles. The van der Waals surface area contributed by atoms with Gasteiger partial charge in [-0.15, -0.1) is 0 Å². The van der Waals surface area contributed by atoms with Crippen LogP contribution in [0.2, 0.25) is 0 Å². The number of benzene rings is 1. The highest BCUT2D eigenvalue weighted by atomic mass is 16.5. The quantitative estimate of drug-likeness (QED) is 0.882. The Morgan fingerprint density at radius 2 is 2.10 bits per heavy atom. The van der Waals surface area contributed by atoms with Crippen LogP contribution >= 0.6 is 0 Å². The van der Waals surface area contributed by atoms with Gasteiger partial charge in [0.15, 0.2) is 0 Å². The van der Waals surface area contributed by atoms with Gasteiger partial charge >= 0.3 is 0 Å². The van der Waals surface area contributed by atoms with E-state index in [-0.39, 0.29) is 0 Å². The third-order valence-electron chi connectivity index (χ3n) is 4.02. The molecule has 4 heteroatoms. The molecule has 0 spiro atoms. The standard InChI is InChI=1S/C16H21N3O/c17-9-13-1-3-14(4-2-13)10-18-11-16-12-19(7-8-20-16)15-5-6-15/h1-4,15-16,18H,5-8,10-12H2/t16-/m1/s1. The van der Waals surface area contributed by atoms with Crippen LogP contribution in [0.3, 0.4) is 0 Å². The maximum Gasteiger partial charge on any atom is 0.0991 e. The van der Waals surface area contributed by atoms with Crippen molar-refractivity contribution in [1.82, 2.24) is 10.2 Å². The largest absolute Gasteiger partial charge is 0.374 e. The Kier molecular flexibility index (Phi) is 4.31. The molecule has 1 N–H and O–H groups in total. The summed E-state index contributed by atoms with van der Waals surface area (Å²) in [4.78, 5) is 2.57. The fourth-order valence-electron chi connectivity index (χ4n) is 2.71. The normalized spacial score (nSPS) is 23.4. The van der Waals surface area contributed by atoms with Gasteiger partial charge < -0.3 is 10.1 Å².